The van der Waals surface area contributed by atoms with Gasteiger partial charge in [0.05, 0.1) is 6.10 Å². The number of nitrogens with zero attached hydrogens (tertiary/aromatic N) is 1. The number of carbonyl (C=O) groups is 1. The summed E-state index contributed by atoms with van der Waals surface area (Å²) in [5.41, 5.74) is 1.65. The maximum absolute atomic E-state index is 11.9. The molecule has 1 aromatic rings. The number of benzene rings is 1. The van der Waals surface area contributed by atoms with Crippen LogP contribution in [0.3, 0.4) is 0 Å². The molecule has 0 aromatic heterocycles. The van der Waals surface area contributed by atoms with Crippen molar-refractivity contribution < 1.29 is 9.90 Å². The van der Waals surface area contributed by atoms with Gasteiger partial charge in [-0.1, -0.05) is 22.0 Å². The normalized spacial score (nSPS) is 16.3. The number of halogens is 1. The Morgan fingerprint density at radius 2 is 2.20 bits per heavy atom. The summed E-state index contributed by atoms with van der Waals surface area (Å²) in [5.74, 6) is -0.000833. The molecular weight excluding hydrogens is 258 g/mol. The third kappa shape index (κ3) is 1.92. The van der Waals surface area contributed by atoms with Crippen molar-refractivity contribution in [1.29, 1.82) is 0 Å². The van der Waals surface area contributed by atoms with Gasteiger partial charge < -0.3 is 10.0 Å². The van der Waals surface area contributed by atoms with E-state index in [0.717, 1.165) is 10.0 Å². The van der Waals surface area contributed by atoms with Crippen LogP contribution in [0.1, 0.15) is 15.9 Å². The maximum Gasteiger partial charge on any atom is 0.254 e. The van der Waals surface area contributed by atoms with Crippen LogP contribution in [-0.2, 0) is 0 Å². The number of aliphatic hydroxyl groups is 1. The molecule has 0 unspecified atom stereocenters. The average Bonchev–Trinajstić information content (AvgIpc) is 2.16. The zero-order valence-electron chi connectivity index (χ0n) is 8.40. The molecule has 3 nitrogen and oxygen atoms in total. The Hall–Kier alpha value is -0.870. The molecule has 1 aromatic carbocycles. The number of hydrogen-bond donors (Lipinski definition) is 1. The Kier molecular flexibility index (Phi) is 2.80. The topological polar surface area (TPSA) is 40.5 Å². The predicted octanol–water partition coefficient (Wildman–Crippen LogP) is 1.57. The molecule has 1 saturated heterocycles. The molecule has 0 spiro atoms. The lowest BCUT2D eigenvalue weighted by Gasteiger charge is -2.36. The van der Waals surface area contributed by atoms with Gasteiger partial charge in [0, 0.05) is 23.1 Å². The minimum absolute atomic E-state index is 0.000833. The minimum atomic E-state index is -0.346. The van der Waals surface area contributed by atoms with Crippen molar-refractivity contribution in [3.63, 3.8) is 0 Å². The molecule has 1 aliphatic heterocycles. The Labute approximate surface area is 96.8 Å². The number of carbonyl (C=O) groups excluding carboxylic acids is 1. The molecule has 80 valence electrons. The lowest BCUT2D eigenvalue weighted by molar-refractivity contribution is 0.00583. The highest BCUT2D eigenvalue weighted by Crippen LogP contribution is 2.22. The summed E-state index contributed by atoms with van der Waals surface area (Å²) in [6.07, 6.45) is -0.346. The highest BCUT2D eigenvalue weighted by Gasteiger charge is 2.30. The van der Waals surface area contributed by atoms with E-state index in [-0.39, 0.29) is 12.0 Å². The van der Waals surface area contributed by atoms with Gasteiger partial charge in [0.15, 0.2) is 0 Å². The molecular formula is C11H12BrNO2. The molecule has 0 saturated carbocycles. The van der Waals surface area contributed by atoms with Crippen molar-refractivity contribution in [2.45, 2.75) is 13.0 Å². The molecule has 4 heteroatoms. The predicted molar refractivity (Wildman–Crippen MR) is 60.8 cm³/mol. The second-order valence-corrected chi connectivity index (χ2v) is 4.63. The lowest BCUT2D eigenvalue weighted by Crippen LogP contribution is -2.53. The molecule has 15 heavy (non-hydrogen) atoms. The molecule has 1 amide bonds. The largest absolute Gasteiger partial charge is 0.389 e. The number of likely N-dealkylation sites (tertiary alicyclic amines) is 1. The van der Waals surface area contributed by atoms with Gasteiger partial charge in [-0.15, -0.1) is 0 Å². The van der Waals surface area contributed by atoms with Gasteiger partial charge in [0.25, 0.3) is 5.91 Å². The summed E-state index contributed by atoms with van der Waals surface area (Å²) in [6, 6.07) is 5.57. The van der Waals surface area contributed by atoms with Crippen LogP contribution >= 0.6 is 15.9 Å². The first-order valence-electron chi connectivity index (χ1n) is 4.82. The van der Waals surface area contributed by atoms with Gasteiger partial charge in [0.1, 0.15) is 0 Å². The van der Waals surface area contributed by atoms with Crippen LogP contribution in [0.4, 0.5) is 0 Å². The SMILES string of the molecule is Cc1c(Br)cccc1C(=O)N1CC(O)C1. The van der Waals surface area contributed by atoms with Gasteiger partial charge in [0.2, 0.25) is 0 Å². The monoisotopic (exact) mass is 269 g/mol. The fourth-order valence-electron chi connectivity index (χ4n) is 1.63. The number of aliphatic hydroxyl groups excluding tert-OH is 1. The van der Waals surface area contributed by atoms with Crippen molar-refractivity contribution in [3.05, 3.63) is 33.8 Å². The molecule has 1 heterocycles. The van der Waals surface area contributed by atoms with Gasteiger partial charge >= 0.3 is 0 Å². The van der Waals surface area contributed by atoms with E-state index in [1.54, 1.807) is 4.90 Å². The molecule has 2 rings (SSSR count). The Morgan fingerprint density at radius 3 is 2.80 bits per heavy atom. The van der Waals surface area contributed by atoms with E-state index in [1.165, 1.54) is 0 Å². The fraction of sp³-hybridized carbons (Fsp3) is 0.364. The Morgan fingerprint density at radius 1 is 1.53 bits per heavy atom. The van der Waals surface area contributed by atoms with Gasteiger partial charge in [-0.3, -0.25) is 4.79 Å². The van der Waals surface area contributed by atoms with E-state index in [0.29, 0.717) is 18.7 Å². The Bertz CT molecular complexity index is 400. The van der Waals surface area contributed by atoms with Crippen LogP contribution in [-0.4, -0.2) is 35.1 Å². The highest BCUT2D eigenvalue weighted by atomic mass is 79.9. The van der Waals surface area contributed by atoms with E-state index in [1.807, 2.05) is 25.1 Å². The fourth-order valence-corrected chi connectivity index (χ4v) is 2.00. The molecule has 0 radical (unpaired) electrons. The summed E-state index contributed by atoms with van der Waals surface area (Å²) in [4.78, 5) is 13.6. The standard InChI is InChI=1S/C11H12BrNO2/c1-7-9(3-2-4-10(7)12)11(15)13-5-8(14)6-13/h2-4,8,14H,5-6H2,1H3. The van der Waals surface area contributed by atoms with E-state index in [2.05, 4.69) is 15.9 Å². The first-order chi connectivity index (χ1) is 7.09. The first kappa shape index (κ1) is 10.6. The number of rotatable bonds is 1. The summed E-state index contributed by atoms with van der Waals surface area (Å²) in [6.45, 7) is 2.81. The van der Waals surface area contributed by atoms with Crippen LogP contribution < -0.4 is 0 Å². The number of hydrogen-bond acceptors (Lipinski definition) is 2. The molecule has 1 fully saturated rings. The molecule has 0 bridgehead atoms. The zero-order chi connectivity index (χ0) is 11.0. The number of amides is 1. The van der Waals surface area contributed by atoms with Crippen molar-refractivity contribution in [2.24, 2.45) is 0 Å². The molecule has 0 atom stereocenters. The summed E-state index contributed by atoms with van der Waals surface area (Å²) in [5, 5.41) is 9.13. The van der Waals surface area contributed by atoms with Crippen LogP contribution in [0.5, 0.6) is 0 Å². The van der Waals surface area contributed by atoms with Crippen LogP contribution in [0.2, 0.25) is 0 Å². The molecule has 1 N–H and O–H groups in total. The van der Waals surface area contributed by atoms with Gasteiger partial charge in [-0.25, -0.2) is 0 Å². The summed E-state index contributed by atoms with van der Waals surface area (Å²) >= 11 is 3.40. The van der Waals surface area contributed by atoms with Crippen molar-refractivity contribution >= 4 is 21.8 Å². The highest BCUT2D eigenvalue weighted by molar-refractivity contribution is 9.10. The first-order valence-corrected chi connectivity index (χ1v) is 5.61. The third-order valence-corrected chi connectivity index (χ3v) is 3.51. The Balaban J connectivity index is 2.22. The average molecular weight is 270 g/mol. The van der Waals surface area contributed by atoms with Crippen LogP contribution in [0, 0.1) is 6.92 Å². The van der Waals surface area contributed by atoms with E-state index < -0.39 is 0 Å². The minimum Gasteiger partial charge on any atom is -0.389 e. The quantitative estimate of drug-likeness (QED) is 0.841. The lowest BCUT2D eigenvalue weighted by atomic mass is 10.0. The summed E-state index contributed by atoms with van der Waals surface area (Å²) in [7, 11) is 0. The second-order valence-electron chi connectivity index (χ2n) is 3.78. The van der Waals surface area contributed by atoms with E-state index in [9.17, 15) is 4.79 Å². The smallest absolute Gasteiger partial charge is 0.254 e. The van der Waals surface area contributed by atoms with E-state index in [4.69, 9.17) is 5.11 Å². The van der Waals surface area contributed by atoms with Crippen molar-refractivity contribution in [3.8, 4) is 0 Å². The maximum atomic E-state index is 11.9. The van der Waals surface area contributed by atoms with Gasteiger partial charge in [-0.05, 0) is 24.6 Å². The van der Waals surface area contributed by atoms with Crippen LogP contribution in [0.25, 0.3) is 0 Å². The molecule has 0 aliphatic carbocycles. The molecule has 1 aliphatic rings. The number of β-amino-alcohol motifs (C(OH)–C–C–N with tert-alkyl or cyclic N) is 1. The van der Waals surface area contributed by atoms with Crippen molar-refractivity contribution in [1.82, 2.24) is 4.90 Å². The summed E-state index contributed by atoms with van der Waals surface area (Å²) < 4.78 is 0.939. The zero-order valence-corrected chi connectivity index (χ0v) is 9.99. The van der Waals surface area contributed by atoms with Crippen LogP contribution in [0.15, 0.2) is 22.7 Å². The van der Waals surface area contributed by atoms with Crippen molar-refractivity contribution in [2.75, 3.05) is 13.1 Å². The second kappa shape index (κ2) is 3.94. The van der Waals surface area contributed by atoms with E-state index >= 15 is 0 Å². The van der Waals surface area contributed by atoms with Gasteiger partial charge in [-0.2, -0.15) is 0 Å². The third-order valence-electron chi connectivity index (χ3n) is 2.65.